The van der Waals surface area contributed by atoms with E-state index in [0.29, 0.717) is 15.9 Å². The fourth-order valence-electron chi connectivity index (χ4n) is 2.32. The number of benzene rings is 2. The van der Waals surface area contributed by atoms with Gasteiger partial charge in [-0.05, 0) is 43.0 Å². The number of nitrogens with one attached hydrogen (secondary N) is 1. The number of aromatic nitrogens is 2. The predicted molar refractivity (Wildman–Crippen MR) is 97.6 cm³/mol. The highest BCUT2D eigenvalue weighted by atomic mass is 35.5. The lowest BCUT2D eigenvalue weighted by Gasteiger charge is -2.13. The first-order valence-corrected chi connectivity index (χ1v) is 8.62. The number of fused-ring (bicyclic) bond motifs is 1. The first-order valence-electron chi connectivity index (χ1n) is 7.26. The summed E-state index contributed by atoms with van der Waals surface area (Å²) in [4.78, 5) is 18.0. The van der Waals surface area contributed by atoms with Gasteiger partial charge in [0.25, 0.3) is 5.56 Å². The maximum Gasteiger partial charge on any atom is 0.280 e. The van der Waals surface area contributed by atoms with Crippen molar-refractivity contribution in [1.82, 2.24) is 9.66 Å². The second kappa shape index (κ2) is 6.64. The summed E-state index contributed by atoms with van der Waals surface area (Å²) in [7, 11) is 0. The van der Waals surface area contributed by atoms with Gasteiger partial charge in [0.15, 0.2) is 0 Å². The number of hydrogen-bond donors (Lipinski definition) is 1. The normalized spacial score (nSPS) is 10.9. The fourth-order valence-corrected chi connectivity index (χ4v) is 3.22. The molecule has 0 bridgehead atoms. The van der Waals surface area contributed by atoms with Crippen molar-refractivity contribution < 1.29 is 0 Å². The summed E-state index contributed by atoms with van der Waals surface area (Å²) in [5.41, 5.74) is 5.49. The van der Waals surface area contributed by atoms with Crippen molar-refractivity contribution in [1.29, 1.82) is 0 Å². The minimum atomic E-state index is -0.133. The number of thioether (sulfide) groups is 1. The van der Waals surface area contributed by atoms with E-state index in [-0.39, 0.29) is 5.56 Å². The van der Waals surface area contributed by atoms with Crippen LogP contribution < -0.4 is 11.0 Å². The van der Waals surface area contributed by atoms with E-state index in [1.54, 1.807) is 11.8 Å². The van der Waals surface area contributed by atoms with Crippen LogP contribution in [-0.4, -0.2) is 15.4 Å². The van der Waals surface area contributed by atoms with Crippen molar-refractivity contribution in [3.05, 3.63) is 63.7 Å². The summed E-state index contributed by atoms with van der Waals surface area (Å²) >= 11 is 7.77. The Balaban J connectivity index is 2.07. The maximum atomic E-state index is 12.7. The van der Waals surface area contributed by atoms with E-state index >= 15 is 0 Å². The van der Waals surface area contributed by atoms with Gasteiger partial charge >= 0.3 is 0 Å². The van der Waals surface area contributed by atoms with Crippen LogP contribution in [0.3, 0.4) is 0 Å². The minimum Gasteiger partial charge on any atom is -0.289 e. The number of aryl methyl sites for hydroxylation is 1. The van der Waals surface area contributed by atoms with E-state index in [9.17, 15) is 4.79 Å². The average molecular weight is 346 g/mol. The summed E-state index contributed by atoms with van der Waals surface area (Å²) < 4.78 is 1.40. The summed E-state index contributed by atoms with van der Waals surface area (Å²) in [6.07, 6.45) is 1.50. The van der Waals surface area contributed by atoms with Crippen LogP contribution in [0.1, 0.15) is 12.5 Å². The van der Waals surface area contributed by atoms with Gasteiger partial charge in [0, 0.05) is 9.92 Å². The molecular formula is C17H16ClN3OS. The third-order valence-electron chi connectivity index (χ3n) is 3.40. The summed E-state index contributed by atoms with van der Waals surface area (Å²) in [6.45, 7) is 4.03. The van der Waals surface area contributed by atoms with Gasteiger partial charge in [-0.3, -0.25) is 10.2 Å². The molecule has 0 spiro atoms. The van der Waals surface area contributed by atoms with Gasteiger partial charge in [0.2, 0.25) is 0 Å². The highest BCUT2D eigenvalue weighted by Gasteiger charge is 2.08. The Morgan fingerprint density at radius 1 is 1.26 bits per heavy atom. The Morgan fingerprint density at radius 3 is 2.87 bits per heavy atom. The molecule has 2 aromatic carbocycles. The molecule has 0 saturated heterocycles. The fraction of sp³-hybridized carbons (Fsp3) is 0.176. The molecule has 0 aliphatic carbocycles. The van der Waals surface area contributed by atoms with Gasteiger partial charge in [-0.2, -0.15) is 0 Å². The average Bonchev–Trinajstić information content (AvgIpc) is 2.53. The monoisotopic (exact) mass is 345 g/mol. The van der Waals surface area contributed by atoms with Gasteiger partial charge < -0.3 is 0 Å². The van der Waals surface area contributed by atoms with Crippen LogP contribution in [0.25, 0.3) is 10.9 Å². The Labute approximate surface area is 143 Å². The molecule has 0 aliphatic rings. The van der Waals surface area contributed by atoms with E-state index < -0.39 is 0 Å². The number of anilines is 1. The number of halogens is 1. The van der Waals surface area contributed by atoms with Crippen LogP contribution in [0.4, 0.5) is 5.69 Å². The molecule has 1 N–H and O–H groups in total. The molecule has 23 heavy (non-hydrogen) atoms. The zero-order valence-corrected chi connectivity index (χ0v) is 14.4. The maximum absolute atomic E-state index is 12.7. The molecule has 4 nitrogen and oxygen atoms in total. The van der Waals surface area contributed by atoms with Crippen molar-refractivity contribution in [2.75, 3.05) is 11.2 Å². The standard InChI is InChI=1S/C17H16ClN3OS/c1-3-23-16-7-5-12(18)9-15(16)20-21-10-19-14-6-4-11(2)8-13(14)17(21)22/h4-10,20H,3H2,1-2H3. The first-order chi connectivity index (χ1) is 11.1. The lowest BCUT2D eigenvalue weighted by atomic mass is 10.2. The zero-order valence-electron chi connectivity index (χ0n) is 12.8. The molecule has 0 fully saturated rings. The van der Waals surface area contributed by atoms with Crippen molar-refractivity contribution >= 4 is 40.0 Å². The van der Waals surface area contributed by atoms with Gasteiger partial charge in [-0.1, -0.05) is 30.2 Å². The molecule has 6 heteroatoms. The van der Waals surface area contributed by atoms with Crippen LogP contribution >= 0.6 is 23.4 Å². The molecular weight excluding hydrogens is 330 g/mol. The lowest BCUT2D eigenvalue weighted by molar-refractivity contribution is 0.874. The van der Waals surface area contributed by atoms with E-state index in [4.69, 9.17) is 11.6 Å². The van der Waals surface area contributed by atoms with E-state index in [1.807, 2.05) is 43.3 Å². The molecule has 0 radical (unpaired) electrons. The molecule has 0 aliphatic heterocycles. The van der Waals surface area contributed by atoms with Crippen LogP contribution in [0.2, 0.25) is 5.02 Å². The molecule has 0 unspecified atom stereocenters. The quantitative estimate of drug-likeness (QED) is 0.714. The molecule has 0 saturated carbocycles. The predicted octanol–water partition coefficient (Wildman–Crippen LogP) is 4.35. The Morgan fingerprint density at radius 2 is 2.09 bits per heavy atom. The Kier molecular flexibility index (Phi) is 4.59. The molecule has 0 amide bonds. The summed E-state index contributed by atoms with van der Waals surface area (Å²) in [5.74, 6) is 0.931. The van der Waals surface area contributed by atoms with E-state index in [2.05, 4.69) is 17.3 Å². The van der Waals surface area contributed by atoms with Gasteiger partial charge in [-0.25, -0.2) is 9.66 Å². The van der Waals surface area contributed by atoms with Crippen molar-refractivity contribution in [2.45, 2.75) is 18.7 Å². The van der Waals surface area contributed by atoms with E-state index in [1.165, 1.54) is 11.0 Å². The minimum absolute atomic E-state index is 0.133. The summed E-state index contributed by atoms with van der Waals surface area (Å²) in [5, 5.41) is 1.21. The number of rotatable bonds is 4. The topological polar surface area (TPSA) is 46.9 Å². The SMILES string of the molecule is CCSc1ccc(Cl)cc1Nn1cnc2ccc(C)cc2c1=O. The van der Waals surface area contributed by atoms with Crippen molar-refractivity contribution in [3.8, 4) is 0 Å². The Hall–Kier alpha value is -1.98. The number of hydrogen-bond acceptors (Lipinski definition) is 4. The highest BCUT2D eigenvalue weighted by molar-refractivity contribution is 7.99. The number of nitrogens with zero attached hydrogens (tertiary/aromatic N) is 2. The largest absolute Gasteiger partial charge is 0.289 e. The second-order valence-corrected chi connectivity index (χ2v) is 6.87. The Bertz CT molecular complexity index is 923. The van der Waals surface area contributed by atoms with Crippen molar-refractivity contribution in [2.24, 2.45) is 0 Å². The van der Waals surface area contributed by atoms with Gasteiger partial charge in [-0.15, -0.1) is 11.8 Å². The van der Waals surface area contributed by atoms with Crippen LogP contribution in [0.15, 0.2) is 52.4 Å². The highest BCUT2D eigenvalue weighted by Crippen LogP contribution is 2.29. The summed E-state index contributed by atoms with van der Waals surface area (Å²) in [6, 6.07) is 11.3. The van der Waals surface area contributed by atoms with Crippen LogP contribution in [-0.2, 0) is 0 Å². The first kappa shape index (κ1) is 15.9. The molecule has 1 aromatic heterocycles. The third kappa shape index (κ3) is 3.35. The van der Waals surface area contributed by atoms with Crippen molar-refractivity contribution in [3.63, 3.8) is 0 Å². The molecule has 1 heterocycles. The molecule has 3 aromatic rings. The van der Waals surface area contributed by atoms with Crippen LogP contribution in [0.5, 0.6) is 0 Å². The van der Waals surface area contributed by atoms with E-state index in [0.717, 1.165) is 21.9 Å². The smallest absolute Gasteiger partial charge is 0.280 e. The lowest BCUT2D eigenvalue weighted by Crippen LogP contribution is -2.26. The molecule has 0 atom stereocenters. The van der Waals surface area contributed by atoms with Crippen LogP contribution in [0, 0.1) is 6.92 Å². The molecule has 118 valence electrons. The van der Waals surface area contributed by atoms with Gasteiger partial charge in [0.1, 0.15) is 6.33 Å². The molecule has 3 rings (SSSR count). The third-order valence-corrected chi connectivity index (χ3v) is 4.59. The second-order valence-electron chi connectivity index (χ2n) is 5.13. The zero-order chi connectivity index (χ0) is 16.4. The van der Waals surface area contributed by atoms with Gasteiger partial charge in [0.05, 0.1) is 16.6 Å².